The number of aliphatic imine (C=N–C) groups is 1. The van der Waals surface area contributed by atoms with Crippen LogP contribution in [0.3, 0.4) is 0 Å². The number of nitrogens with one attached hydrogen (secondary N) is 1. The van der Waals surface area contributed by atoms with Crippen LogP contribution in [-0.4, -0.2) is 33.4 Å². The SMILES string of the molecule is COc1ccc(Br)cc1COC(=O)[C@H](C)N=C1NS(=O)(=O)c2ccccc21. The number of nitrogens with zero attached hydrogens (tertiary/aromatic N) is 1. The number of amidine groups is 1. The van der Waals surface area contributed by atoms with Gasteiger partial charge in [0.15, 0.2) is 0 Å². The lowest BCUT2D eigenvalue weighted by Crippen LogP contribution is -2.26. The Labute approximate surface area is 165 Å². The summed E-state index contributed by atoms with van der Waals surface area (Å²) < 4.78 is 38.0. The highest BCUT2D eigenvalue weighted by molar-refractivity contribution is 9.10. The molecule has 0 aliphatic carbocycles. The molecule has 0 saturated heterocycles. The van der Waals surface area contributed by atoms with Crippen molar-refractivity contribution in [3.63, 3.8) is 0 Å². The van der Waals surface area contributed by atoms with Gasteiger partial charge in [-0.15, -0.1) is 0 Å². The van der Waals surface area contributed by atoms with Gasteiger partial charge in [0, 0.05) is 15.6 Å². The summed E-state index contributed by atoms with van der Waals surface area (Å²) >= 11 is 3.36. The number of benzene rings is 2. The van der Waals surface area contributed by atoms with Crippen molar-refractivity contribution in [3.05, 3.63) is 58.1 Å². The van der Waals surface area contributed by atoms with Crippen molar-refractivity contribution in [3.8, 4) is 5.75 Å². The van der Waals surface area contributed by atoms with Crippen molar-refractivity contribution < 1.29 is 22.7 Å². The normalized spacial score (nSPS) is 17.1. The van der Waals surface area contributed by atoms with Gasteiger partial charge in [0.25, 0.3) is 10.0 Å². The van der Waals surface area contributed by atoms with Crippen molar-refractivity contribution in [2.75, 3.05) is 7.11 Å². The molecular weight excluding hydrogens is 436 g/mol. The minimum atomic E-state index is -3.65. The van der Waals surface area contributed by atoms with Crippen molar-refractivity contribution in [2.24, 2.45) is 4.99 Å². The Hall–Kier alpha value is -2.39. The van der Waals surface area contributed by atoms with E-state index in [1.807, 2.05) is 6.07 Å². The predicted octanol–water partition coefficient (Wildman–Crippen LogP) is 2.63. The van der Waals surface area contributed by atoms with Crippen LogP contribution in [0.15, 0.2) is 56.8 Å². The Morgan fingerprint density at radius 1 is 1.26 bits per heavy atom. The van der Waals surface area contributed by atoms with Gasteiger partial charge in [-0.05, 0) is 37.3 Å². The maximum Gasteiger partial charge on any atom is 0.330 e. The number of hydrogen-bond acceptors (Lipinski definition) is 6. The molecule has 0 spiro atoms. The van der Waals surface area contributed by atoms with E-state index in [0.717, 1.165) is 4.47 Å². The first-order chi connectivity index (χ1) is 12.8. The van der Waals surface area contributed by atoms with Crippen LogP contribution in [0.5, 0.6) is 5.75 Å². The van der Waals surface area contributed by atoms with Crippen LogP contribution < -0.4 is 9.46 Å². The minimum absolute atomic E-state index is 0.0129. The maximum atomic E-state index is 12.3. The molecule has 0 radical (unpaired) electrons. The number of sulfonamides is 1. The Balaban J connectivity index is 1.74. The van der Waals surface area contributed by atoms with Crippen LogP contribution in [-0.2, 0) is 26.2 Å². The fourth-order valence-corrected chi connectivity index (χ4v) is 4.25. The zero-order valence-electron chi connectivity index (χ0n) is 14.6. The van der Waals surface area contributed by atoms with Gasteiger partial charge in [-0.3, -0.25) is 9.71 Å². The Kier molecular flexibility index (Phi) is 5.52. The van der Waals surface area contributed by atoms with Gasteiger partial charge in [0.05, 0.1) is 12.0 Å². The van der Waals surface area contributed by atoms with Crippen LogP contribution in [0, 0.1) is 0 Å². The number of methoxy groups -OCH3 is 1. The molecule has 1 N–H and O–H groups in total. The third-order valence-corrected chi connectivity index (χ3v) is 5.83. The first kappa shape index (κ1) is 19.4. The van der Waals surface area contributed by atoms with E-state index in [9.17, 15) is 13.2 Å². The molecule has 2 aromatic carbocycles. The Bertz CT molecular complexity index is 1020. The van der Waals surface area contributed by atoms with Crippen LogP contribution in [0.25, 0.3) is 0 Å². The molecule has 0 saturated carbocycles. The van der Waals surface area contributed by atoms with Gasteiger partial charge in [0.2, 0.25) is 0 Å². The summed E-state index contributed by atoms with van der Waals surface area (Å²) in [6.45, 7) is 1.56. The molecule has 0 unspecified atom stereocenters. The number of hydrogen-bond donors (Lipinski definition) is 1. The summed E-state index contributed by atoms with van der Waals surface area (Å²) in [5.41, 5.74) is 1.14. The second-order valence-electron chi connectivity index (χ2n) is 5.82. The smallest absolute Gasteiger partial charge is 0.330 e. The number of rotatable bonds is 5. The van der Waals surface area contributed by atoms with Crippen molar-refractivity contribution in [1.29, 1.82) is 0 Å². The topological polar surface area (TPSA) is 94.1 Å². The van der Waals surface area contributed by atoms with Crippen molar-refractivity contribution in [2.45, 2.75) is 24.5 Å². The number of fused-ring (bicyclic) bond motifs is 1. The zero-order chi connectivity index (χ0) is 19.6. The first-order valence-corrected chi connectivity index (χ1v) is 10.3. The molecule has 7 nitrogen and oxygen atoms in total. The van der Waals surface area contributed by atoms with E-state index >= 15 is 0 Å². The molecule has 0 fully saturated rings. The number of halogens is 1. The second kappa shape index (κ2) is 7.69. The van der Waals surface area contributed by atoms with Gasteiger partial charge in [-0.1, -0.05) is 28.1 Å². The summed E-state index contributed by atoms with van der Waals surface area (Å²) in [7, 11) is -2.12. The van der Waals surface area contributed by atoms with Crippen molar-refractivity contribution >= 4 is 37.8 Å². The lowest BCUT2D eigenvalue weighted by atomic mass is 10.2. The summed E-state index contributed by atoms with van der Waals surface area (Å²) in [5, 5.41) is 0. The van der Waals surface area contributed by atoms with E-state index in [1.165, 1.54) is 13.2 Å². The molecule has 0 aromatic heterocycles. The lowest BCUT2D eigenvalue weighted by molar-refractivity contribution is -0.146. The van der Waals surface area contributed by atoms with E-state index in [2.05, 4.69) is 25.6 Å². The van der Waals surface area contributed by atoms with E-state index in [-0.39, 0.29) is 17.3 Å². The molecule has 142 valence electrons. The van der Waals surface area contributed by atoms with Gasteiger partial charge in [0.1, 0.15) is 24.2 Å². The molecule has 3 rings (SSSR count). The summed E-state index contributed by atoms with van der Waals surface area (Å²) in [5.74, 6) is 0.158. The maximum absolute atomic E-state index is 12.3. The number of ether oxygens (including phenoxy) is 2. The Morgan fingerprint density at radius 2 is 2.00 bits per heavy atom. The number of esters is 1. The Morgan fingerprint density at radius 3 is 2.74 bits per heavy atom. The predicted molar refractivity (Wildman–Crippen MR) is 103 cm³/mol. The summed E-state index contributed by atoms with van der Waals surface area (Å²) in [4.78, 5) is 16.6. The third kappa shape index (κ3) is 4.14. The van der Waals surface area contributed by atoms with Crippen LogP contribution in [0.2, 0.25) is 0 Å². The second-order valence-corrected chi connectivity index (χ2v) is 8.39. The van der Waals surface area contributed by atoms with Crippen LogP contribution >= 0.6 is 15.9 Å². The lowest BCUT2D eigenvalue weighted by Gasteiger charge is -2.12. The van der Waals surface area contributed by atoms with E-state index in [4.69, 9.17) is 9.47 Å². The van der Waals surface area contributed by atoms with Gasteiger partial charge in [-0.25, -0.2) is 13.2 Å². The molecule has 9 heteroatoms. The van der Waals surface area contributed by atoms with E-state index in [1.54, 1.807) is 37.3 Å². The molecule has 2 aromatic rings. The quantitative estimate of drug-likeness (QED) is 0.703. The van der Waals surface area contributed by atoms with Gasteiger partial charge >= 0.3 is 5.97 Å². The monoisotopic (exact) mass is 452 g/mol. The van der Waals surface area contributed by atoms with E-state index < -0.39 is 22.0 Å². The molecule has 0 bridgehead atoms. The van der Waals surface area contributed by atoms with E-state index in [0.29, 0.717) is 16.9 Å². The first-order valence-electron chi connectivity index (χ1n) is 8.01. The van der Waals surface area contributed by atoms with Gasteiger partial charge in [-0.2, -0.15) is 0 Å². The largest absolute Gasteiger partial charge is 0.496 e. The molecule has 0 amide bonds. The van der Waals surface area contributed by atoms with Gasteiger partial charge < -0.3 is 9.47 Å². The molecule has 27 heavy (non-hydrogen) atoms. The highest BCUT2D eigenvalue weighted by atomic mass is 79.9. The molecule has 1 aliphatic heterocycles. The molecular formula is C18H17BrN2O5S. The summed E-state index contributed by atoms with van der Waals surface area (Å²) in [6.07, 6.45) is 0. The third-order valence-electron chi connectivity index (χ3n) is 3.94. The van der Waals surface area contributed by atoms with Crippen LogP contribution in [0.4, 0.5) is 0 Å². The molecule has 1 atom stereocenters. The zero-order valence-corrected chi connectivity index (χ0v) is 17.0. The summed E-state index contributed by atoms with van der Waals surface area (Å²) in [6, 6.07) is 11.0. The number of carbonyl (C=O) groups is 1. The molecule has 1 heterocycles. The molecule has 1 aliphatic rings. The fourth-order valence-electron chi connectivity index (χ4n) is 2.61. The highest BCUT2D eigenvalue weighted by Crippen LogP contribution is 2.25. The standard InChI is InChI=1S/C18H17BrN2O5S/c1-11(18(22)26-10-12-9-13(19)7-8-15(12)25-2)20-17-14-5-3-4-6-16(14)27(23,24)21-17/h3-9,11H,10H2,1-2H3,(H,20,21)/t11-/m0/s1. The average Bonchev–Trinajstić information content (AvgIpc) is 2.90. The van der Waals surface area contributed by atoms with Crippen molar-refractivity contribution in [1.82, 2.24) is 4.72 Å². The minimum Gasteiger partial charge on any atom is -0.496 e. The van der Waals surface area contributed by atoms with Crippen LogP contribution in [0.1, 0.15) is 18.1 Å². The number of carbonyl (C=O) groups excluding carboxylic acids is 1. The average molecular weight is 453 g/mol. The fraction of sp³-hybridized carbons (Fsp3) is 0.222. The highest BCUT2D eigenvalue weighted by Gasteiger charge is 2.31.